The second-order valence-electron chi connectivity index (χ2n) is 2.54. The maximum atomic E-state index is 8.22. The highest BCUT2D eigenvalue weighted by molar-refractivity contribution is 4.96. The second kappa shape index (κ2) is 4.08. The molecule has 0 aromatic heterocycles. The van der Waals surface area contributed by atoms with Crippen LogP contribution < -0.4 is 5.32 Å². The number of hydrogen-bond acceptors (Lipinski definition) is 2. The molecule has 0 aromatic carbocycles. The van der Waals surface area contributed by atoms with Gasteiger partial charge in [0.15, 0.2) is 0 Å². The summed E-state index contributed by atoms with van der Waals surface area (Å²) in [5.74, 6) is 0.674. The largest absolute Gasteiger partial charge is 0.316 e. The van der Waals surface area contributed by atoms with Gasteiger partial charge in [-0.05, 0) is 18.9 Å². The highest BCUT2D eigenvalue weighted by Gasteiger charge is 2.09. The molecule has 0 saturated carbocycles. The van der Waals surface area contributed by atoms with Gasteiger partial charge in [-0.2, -0.15) is 5.26 Å². The Morgan fingerprint density at radius 1 is 1.70 bits per heavy atom. The third kappa shape index (κ3) is 2.20. The Kier molecular flexibility index (Phi) is 2.98. The predicted molar refractivity (Wildman–Crippen MR) is 40.3 cm³/mol. The quantitative estimate of drug-likeness (QED) is 0.576. The molecule has 2 nitrogen and oxygen atoms in total. The predicted octanol–water partition coefficient (Wildman–Crippen LogP) is 1.07. The molecule has 0 aliphatic carbocycles. The van der Waals surface area contributed by atoms with E-state index >= 15 is 0 Å². The maximum absolute atomic E-state index is 8.22. The molecule has 54 valence electrons. The number of rotatable bonds is 2. The summed E-state index contributed by atoms with van der Waals surface area (Å²) in [5, 5.41) is 11.5. The van der Waals surface area contributed by atoms with Crippen molar-refractivity contribution in [3.8, 4) is 6.07 Å². The summed E-state index contributed by atoms with van der Waals surface area (Å²) >= 11 is 0. The van der Waals surface area contributed by atoms with E-state index in [9.17, 15) is 0 Å². The van der Waals surface area contributed by atoms with Crippen LogP contribution >= 0.6 is 0 Å². The van der Waals surface area contributed by atoms with Crippen molar-refractivity contribution in [1.82, 2.24) is 5.32 Å². The molecule has 1 saturated heterocycles. The third-order valence-electron chi connectivity index (χ3n) is 1.72. The van der Waals surface area contributed by atoms with Crippen molar-refractivity contribution in [1.29, 1.82) is 5.26 Å². The van der Waals surface area contributed by atoms with Crippen LogP contribution in [0.4, 0.5) is 0 Å². The van der Waals surface area contributed by atoms with Crippen LogP contribution in [0.3, 0.4) is 0 Å². The van der Waals surface area contributed by atoms with Crippen molar-refractivity contribution in [3.63, 3.8) is 0 Å². The van der Waals surface area contributed by atoms with Crippen LogP contribution in [0.2, 0.25) is 0 Å². The van der Waals surface area contributed by atoms with Crippen molar-refractivity contribution in [2.24, 2.45) is 5.92 Å². The van der Waals surface area contributed by atoms with Crippen LogP contribution in [-0.2, 0) is 0 Å². The molecule has 0 amide bonds. The Labute approximate surface area is 61.5 Å². The molecule has 1 rings (SSSR count). The van der Waals surface area contributed by atoms with Crippen LogP contribution in [0.1, 0.15) is 12.8 Å². The number of allylic oxidation sites excluding steroid dienone is 1. The van der Waals surface area contributed by atoms with Gasteiger partial charge in [0.1, 0.15) is 0 Å². The molecular weight excluding hydrogens is 124 g/mol. The summed E-state index contributed by atoms with van der Waals surface area (Å²) in [6.45, 7) is 2.21. The molecule has 10 heavy (non-hydrogen) atoms. The molecule has 1 unspecified atom stereocenters. The summed E-state index contributed by atoms with van der Waals surface area (Å²) in [6, 6.07) is 2.08. The molecule has 1 heterocycles. The Hall–Kier alpha value is -0.810. The van der Waals surface area contributed by atoms with Gasteiger partial charge in [0.2, 0.25) is 0 Å². The van der Waals surface area contributed by atoms with E-state index in [1.165, 1.54) is 6.42 Å². The highest BCUT2D eigenvalue weighted by Crippen LogP contribution is 2.08. The standard InChI is InChI=1S/C8H12N2/c9-5-2-1-3-8-4-6-10-7-8/h1,3,8,10H,2,4,6-7H2/b3-1+. The molecule has 0 radical (unpaired) electrons. The van der Waals surface area contributed by atoms with E-state index < -0.39 is 0 Å². The van der Waals surface area contributed by atoms with E-state index in [-0.39, 0.29) is 0 Å². The number of nitrogens with zero attached hydrogens (tertiary/aromatic N) is 1. The molecule has 1 aliphatic rings. The van der Waals surface area contributed by atoms with Gasteiger partial charge in [-0.3, -0.25) is 0 Å². The summed E-state index contributed by atoms with van der Waals surface area (Å²) in [7, 11) is 0. The van der Waals surface area contributed by atoms with Crippen LogP contribution in [0, 0.1) is 17.2 Å². The fourth-order valence-corrected chi connectivity index (χ4v) is 1.15. The van der Waals surface area contributed by atoms with Gasteiger partial charge in [0.05, 0.1) is 12.5 Å². The number of nitrogens with one attached hydrogen (secondary N) is 1. The summed E-state index contributed by atoms with van der Waals surface area (Å²) in [5.41, 5.74) is 0. The summed E-state index contributed by atoms with van der Waals surface area (Å²) in [4.78, 5) is 0. The fraction of sp³-hybridized carbons (Fsp3) is 0.625. The van der Waals surface area contributed by atoms with E-state index in [1.54, 1.807) is 0 Å². The Bertz CT molecular complexity index is 149. The van der Waals surface area contributed by atoms with Crippen molar-refractivity contribution in [2.75, 3.05) is 13.1 Å². The maximum Gasteiger partial charge on any atom is 0.0663 e. The molecule has 0 spiro atoms. The average Bonchev–Trinajstić information content (AvgIpc) is 2.41. The molecule has 2 heteroatoms. The summed E-state index contributed by atoms with van der Waals surface area (Å²) in [6.07, 6.45) is 5.87. The monoisotopic (exact) mass is 136 g/mol. The van der Waals surface area contributed by atoms with Gasteiger partial charge < -0.3 is 5.32 Å². The van der Waals surface area contributed by atoms with E-state index in [4.69, 9.17) is 5.26 Å². The van der Waals surface area contributed by atoms with Crippen LogP contribution in [0.25, 0.3) is 0 Å². The molecule has 0 aromatic rings. The molecule has 0 bridgehead atoms. The Morgan fingerprint density at radius 3 is 3.20 bits per heavy atom. The topological polar surface area (TPSA) is 35.8 Å². The van der Waals surface area contributed by atoms with Gasteiger partial charge in [-0.1, -0.05) is 12.2 Å². The average molecular weight is 136 g/mol. The van der Waals surface area contributed by atoms with Crippen LogP contribution in [0.15, 0.2) is 12.2 Å². The molecule has 1 fully saturated rings. The zero-order valence-corrected chi connectivity index (χ0v) is 6.01. The number of nitriles is 1. The third-order valence-corrected chi connectivity index (χ3v) is 1.72. The lowest BCUT2D eigenvalue weighted by Crippen LogP contribution is -2.07. The van der Waals surface area contributed by atoms with Gasteiger partial charge >= 0.3 is 0 Å². The summed E-state index contributed by atoms with van der Waals surface area (Å²) < 4.78 is 0. The number of hydrogen-bond donors (Lipinski definition) is 1. The van der Waals surface area contributed by atoms with E-state index in [0.717, 1.165) is 13.1 Å². The normalized spacial score (nSPS) is 25.3. The minimum atomic E-state index is 0.552. The van der Waals surface area contributed by atoms with Gasteiger partial charge in [0.25, 0.3) is 0 Å². The highest BCUT2D eigenvalue weighted by atomic mass is 14.9. The van der Waals surface area contributed by atoms with Crippen LogP contribution in [-0.4, -0.2) is 13.1 Å². The lowest BCUT2D eigenvalue weighted by molar-refractivity contribution is 0.726. The first kappa shape index (κ1) is 7.30. The lowest BCUT2D eigenvalue weighted by atomic mass is 10.1. The van der Waals surface area contributed by atoms with E-state index in [0.29, 0.717) is 12.3 Å². The first-order chi connectivity index (χ1) is 4.93. The van der Waals surface area contributed by atoms with Crippen molar-refractivity contribution >= 4 is 0 Å². The lowest BCUT2D eigenvalue weighted by Gasteiger charge is -1.96. The molecule has 1 aliphatic heterocycles. The zero-order chi connectivity index (χ0) is 7.23. The zero-order valence-electron chi connectivity index (χ0n) is 6.01. The Balaban J connectivity index is 2.18. The minimum absolute atomic E-state index is 0.552. The van der Waals surface area contributed by atoms with Crippen molar-refractivity contribution < 1.29 is 0 Å². The van der Waals surface area contributed by atoms with Crippen LogP contribution in [0.5, 0.6) is 0 Å². The minimum Gasteiger partial charge on any atom is -0.316 e. The Morgan fingerprint density at radius 2 is 2.60 bits per heavy atom. The van der Waals surface area contributed by atoms with Gasteiger partial charge in [-0.25, -0.2) is 0 Å². The first-order valence-corrected chi connectivity index (χ1v) is 3.68. The van der Waals surface area contributed by atoms with Gasteiger partial charge in [0, 0.05) is 6.54 Å². The van der Waals surface area contributed by atoms with Gasteiger partial charge in [-0.15, -0.1) is 0 Å². The second-order valence-corrected chi connectivity index (χ2v) is 2.54. The van der Waals surface area contributed by atoms with Crippen molar-refractivity contribution in [2.45, 2.75) is 12.8 Å². The fourth-order valence-electron chi connectivity index (χ4n) is 1.15. The van der Waals surface area contributed by atoms with E-state index in [1.807, 2.05) is 6.08 Å². The van der Waals surface area contributed by atoms with E-state index in [2.05, 4.69) is 17.5 Å². The molecule has 1 N–H and O–H groups in total. The SMILES string of the molecule is N#CC/C=C/C1CCNC1. The smallest absolute Gasteiger partial charge is 0.0663 e. The molecular formula is C8H12N2. The first-order valence-electron chi connectivity index (χ1n) is 3.68. The van der Waals surface area contributed by atoms with Crippen molar-refractivity contribution in [3.05, 3.63) is 12.2 Å². The molecule has 1 atom stereocenters.